The maximum absolute atomic E-state index is 12.4. The van der Waals surface area contributed by atoms with Gasteiger partial charge in [0.1, 0.15) is 5.75 Å². The average Bonchev–Trinajstić information content (AvgIpc) is 3.19. The molecule has 1 aromatic heterocycles. The van der Waals surface area contributed by atoms with Gasteiger partial charge in [0.2, 0.25) is 5.91 Å². The van der Waals surface area contributed by atoms with Gasteiger partial charge in [0.05, 0.1) is 25.2 Å². The van der Waals surface area contributed by atoms with Crippen LogP contribution in [0.2, 0.25) is 0 Å². The second-order valence-electron chi connectivity index (χ2n) is 6.95. The topological polar surface area (TPSA) is 91.7 Å². The van der Waals surface area contributed by atoms with Crippen LogP contribution in [0.3, 0.4) is 0 Å². The number of carbonyl (C=O) groups excluding carboxylic acids is 1. The van der Waals surface area contributed by atoms with E-state index in [0.29, 0.717) is 5.69 Å². The highest BCUT2D eigenvalue weighted by Gasteiger charge is 2.21. The van der Waals surface area contributed by atoms with Gasteiger partial charge >= 0.3 is 7.60 Å². The minimum absolute atomic E-state index is 0.156. The molecule has 3 aromatic rings. The first kappa shape index (κ1) is 23.5. The van der Waals surface area contributed by atoms with Crippen molar-refractivity contribution in [3.05, 3.63) is 71.9 Å². The number of amides is 1. The van der Waals surface area contributed by atoms with E-state index in [1.54, 1.807) is 48.3 Å². The summed E-state index contributed by atoms with van der Waals surface area (Å²) < 4.78 is 29.1. The van der Waals surface area contributed by atoms with Crippen LogP contribution in [0.5, 0.6) is 5.75 Å². The molecule has 2 aromatic carbocycles. The molecule has 0 aliphatic carbocycles. The number of carbonyl (C=O) groups is 1. The number of ether oxygens (including phenoxy) is 1. The molecule has 1 heterocycles. The number of nitrogens with zero attached hydrogens (tertiary/aromatic N) is 2. The normalized spacial score (nSPS) is 11.6. The third kappa shape index (κ3) is 5.73. The lowest BCUT2D eigenvalue weighted by Crippen LogP contribution is -2.07. The summed E-state index contributed by atoms with van der Waals surface area (Å²) in [5.74, 6) is 0.493. The van der Waals surface area contributed by atoms with Crippen molar-refractivity contribution in [1.82, 2.24) is 9.78 Å². The van der Waals surface area contributed by atoms with E-state index in [9.17, 15) is 9.36 Å². The highest BCUT2D eigenvalue weighted by molar-refractivity contribution is 7.52. The number of hydrogen-bond donors (Lipinski definition) is 1. The van der Waals surface area contributed by atoms with Gasteiger partial charge in [-0.2, -0.15) is 5.10 Å². The number of rotatable bonds is 9. The summed E-state index contributed by atoms with van der Waals surface area (Å²) in [7, 11) is 3.05. The monoisotopic (exact) mass is 455 g/mol. The molecule has 1 amide bonds. The van der Waals surface area contributed by atoms with Crippen LogP contribution in [-0.2, 0) is 31.6 Å². The summed E-state index contributed by atoms with van der Waals surface area (Å²) in [6.07, 6.45) is 5.05. The Hall–Kier alpha value is -3.19. The fourth-order valence-corrected chi connectivity index (χ4v) is 4.21. The van der Waals surface area contributed by atoms with Gasteiger partial charge in [0.15, 0.2) is 0 Å². The van der Waals surface area contributed by atoms with Crippen molar-refractivity contribution >= 4 is 25.3 Å². The van der Waals surface area contributed by atoms with Crippen LogP contribution in [0, 0.1) is 0 Å². The molecule has 0 bridgehead atoms. The predicted molar refractivity (Wildman–Crippen MR) is 125 cm³/mol. The Kier molecular flexibility index (Phi) is 7.64. The maximum atomic E-state index is 12.4. The summed E-state index contributed by atoms with van der Waals surface area (Å²) in [5.41, 5.74) is 4.07. The van der Waals surface area contributed by atoms with Crippen molar-refractivity contribution in [2.75, 3.05) is 26.6 Å². The zero-order chi connectivity index (χ0) is 23.1. The number of aryl methyl sites for hydroxylation is 1. The summed E-state index contributed by atoms with van der Waals surface area (Å²) >= 11 is 0. The molecule has 1 N–H and O–H groups in total. The Labute approximate surface area is 187 Å². The molecule has 0 saturated carbocycles. The number of methoxy groups -OCH3 is 1. The van der Waals surface area contributed by atoms with E-state index in [-0.39, 0.29) is 12.1 Å². The molecule has 0 aliphatic rings. The van der Waals surface area contributed by atoms with E-state index in [0.717, 1.165) is 28.1 Å². The van der Waals surface area contributed by atoms with Gasteiger partial charge in [-0.1, -0.05) is 12.1 Å². The Morgan fingerprint density at radius 3 is 2.31 bits per heavy atom. The number of hydrogen-bond acceptors (Lipinski definition) is 6. The molecule has 8 nitrogen and oxygen atoms in total. The third-order valence-corrected chi connectivity index (χ3v) is 6.76. The van der Waals surface area contributed by atoms with E-state index in [1.807, 2.05) is 31.3 Å². The number of aromatic nitrogens is 2. The Balaban J connectivity index is 1.68. The Bertz CT molecular complexity index is 1130. The van der Waals surface area contributed by atoms with Crippen molar-refractivity contribution in [3.8, 4) is 17.0 Å². The minimum atomic E-state index is -3.14. The summed E-state index contributed by atoms with van der Waals surface area (Å²) in [4.78, 5) is 12.4. The van der Waals surface area contributed by atoms with Crippen molar-refractivity contribution < 1.29 is 23.1 Å². The Morgan fingerprint density at radius 2 is 1.72 bits per heavy atom. The zero-order valence-corrected chi connectivity index (χ0v) is 19.3. The predicted octanol–water partition coefficient (Wildman–Crippen LogP) is 4.73. The highest BCUT2D eigenvalue weighted by atomic mass is 31.2. The van der Waals surface area contributed by atoms with Gasteiger partial charge in [-0.15, -0.1) is 0 Å². The lowest BCUT2D eigenvalue weighted by Gasteiger charge is -2.13. The van der Waals surface area contributed by atoms with Crippen LogP contribution in [0.4, 0.5) is 5.69 Å². The van der Waals surface area contributed by atoms with Gasteiger partial charge in [-0.3, -0.25) is 14.0 Å². The van der Waals surface area contributed by atoms with Gasteiger partial charge in [-0.25, -0.2) is 0 Å². The SMILES string of the molecule is COc1ccc(-c2c(/C=C/C(=O)Nc3ccc(CP(=O)(OC)OC)cc3)cnn2C)cc1. The molecule has 0 saturated heterocycles. The van der Waals surface area contributed by atoms with E-state index < -0.39 is 7.60 Å². The summed E-state index contributed by atoms with van der Waals surface area (Å²) in [5, 5.41) is 7.12. The van der Waals surface area contributed by atoms with Crippen molar-refractivity contribution in [3.63, 3.8) is 0 Å². The maximum Gasteiger partial charge on any atom is 0.334 e. The quantitative estimate of drug-likeness (QED) is 0.370. The first-order chi connectivity index (χ1) is 15.4. The molecule has 168 valence electrons. The van der Waals surface area contributed by atoms with Crippen LogP contribution < -0.4 is 10.1 Å². The molecule has 0 unspecified atom stereocenters. The van der Waals surface area contributed by atoms with E-state index in [2.05, 4.69) is 10.4 Å². The molecule has 0 aliphatic heterocycles. The molecular formula is C23H26N3O5P. The number of benzene rings is 2. The van der Waals surface area contributed by atoms with Crippen LogP contribution in [0.1, 0.15) is 11.1 Å². The molecule has 3 rings (SSSR count). The molecule has 0 radical (unpaired) electrons. The van der Waals surface area contributed by atoms with Crippen LogP contribution >= 0.6 is 7.60 Å². The van der Waals surface area contributed by atoms with Crippen LogP contribution in [0.15, 0.2) is 60.8 Å². The smallest absolute Gasteiger partial charge is 0.334 e. The van der Waals surface area contributed by atoms with E-state index in [4.69, 9.17) is 13.8 Å². The van der Waals surface area contributed by atoms with Crippen LogP contribution in [-0.4, -0.2) is 37.0 Å². The second kappa shape index (κ2) is 10.4. The molecular weight excluding hydrogens is 429 g/mol. The standard InChI is InChI=1S/C23H26N3O5P/c1-26-23(18-7-12-21(29-2)13-8-18)19(15-24-26)9-14-22(27)25-20-10-5-17(6-11-20)16-32(28,30-3)31-4/h5-15H,16H2,1-4H3,(H,25,27)/b14-9+. The molecule has 9 heteroatoms. The van der Waals surface area contributed by atoms with Crippen molar-refractivity contribution in [1.29, 1.82) is 0 Å². The highest BCUT2D eigenvalue weighted by Crippen LogP contribution is 2.49. The van der Waals surface area contributed by atoms with E-state index in [1.165, 1.54) is 20.3 Å². The summed E-state index contributed by atoms with van der Waals surface area (Å²) in [6.45, 7) is 0. The number of nitrogens with one attached hydrogen (secondary N) is 1. The molecule has 0 spiro atoms. The fraction of sp³-hybridized carbons (Fsp3) is 0.217. The average molecular weight is 455 g/mol. The second-order valence-corrected chi connectivity index (χ2v) is 9.22. The van der Waals surface area contributed by atoms with Gasteiger partial charge in [0, 0.05) is 44.2 Å². The third-order valence-electron chi connectivity index (χ3n) is 4.90. The minimum Gasteiger partial charge on any atom is -0.497 e. The first-order valence-corrected chi connectivity index (χ1v) is 11.5. The zero-order valence-electron chi connectivity index (χ0n) is 18.4. The lowest BCUT2D eigenvalue weighted by atomic mass is 10.1. The van der Waals surface area contributed by atoms with Gasteiger partial charge < -0.3 is 19.1 Å². The summed E-state index contributed by atoms with van der Waals surface area (Å²) in [6, 6.07) is 14.7. The number of anilines is 1. The van der Waals surface area contributed by atoms with Crippen molar-refractivity contribution in [2.24, 2.45) is 7.05 Å². The lowest BCUT2D eigenvalue weighted by molar-refractivity contribution is -0.111. The molecule has 0 fully saturated rings. The Morgan fingerprint density at radius 1 is 1.06 bits per heavy atom. The van der Waals surface area contributed by atoms with E-state index >= 15 is 0 Å². The fourth-order valence-electron chi connectivity index (χ4n) is 3.15. The molecule has 0 atom stereocenters. The molecule has 32 heavy (non-hydrogen) atoms. The van der Waals surface area contributed by atoms with Gasteiger partial charge in [-0.05, 0) is 48.0 Å². The largest absolute Gasteiger partial charge is 0.497 e. The van der Waals surface area contributed by atoms with Crippen molar-refractivity contribution in [2.45, 2.75) is 6.16 Å². The van der Waals surface area contributed by atoms with Crippen LogP contribution in [0.25, 0.3) is 17.3 Å². The van der Waals surface area contributed by atoms with Gasteiger partial charge in [0.25, 0.3) is 0 Å². The first-order valence-electron chi connectivity index (χ1n) is 9.82.